The minimum absolute atomic E-state index is 0.0371. The molecule has 2 aromatic carbocycles. The molecule has 2 aromatic rings. The number of halogens is 3. The number of benzene rings is 2. The number of nitro benzene ring substituents is 1. The molecule has 132 valence electrons. The number of hydrogen-bond donors (Lipinski definition) is 0. The summed E-state index contributed by atoms with van der Waals surface area (Å²) in [5.41, 5.74) is 0.411. The van der Waals surface area contributed by atoms with Crippen molar-refractivity contribution in [2.75, 3.05) is 36.0 Å². The number of rotatable bonds is 3. The molecule has 0 spiro atoms. The van der Waals surface area contributed by atoms with Crippen LogP contribution in [-0.4, -0.2) is 31.1 Å². The van der Waals surface area contributed by atoms with E-state index in [9.17, 15) is 23.3 Å². The molecule has 1 fully saturated rings. The van der Waals surface area contributed by atoms with Gasteiger partial charge in [0, 0.05) is 37.9 Å². The normalized spacial score (nSPS) is 15.3. The van der Waals surface area contributed by atoms with Crippen LogP contribution in [0.2, 0.25) is 0 Å². The third-order valence-corrected chi connectivity index (χ3v) is 4.24. The lowest BCUT2D eigenvalue weighted by atomic mass is 10.1. The van der Waals surface area contributed by atoms with Crippen molar-refractivity contribution in [3.05, 3.63) is 64.2 Å². The third kappa shape index (κ3) is 3.67. The van der Waals surface area contributed by atoms with E-state index in [0.29, 0.717) is 37.6 Å². The molecule has 0 atom stereocenters. The molecule has 1 aliphatic heterocycles. The molecule has 5 nitrogen and oxygen atoms in total. The molecule has 0 N–H and O–H groups in total. The Morgan fingerprint density at radius 3 is 2.20 bits per heavy atom. The predicted molar refractivity (Wildman–Crippen MR) is 89.0 cm³/mol. The van der Waals surface area contributed by atoms with Crippen molar-refractivity contribution in [2.24, 2.45) is 0 Å². The van der Waals surface area contributed by atoms with Crippen LogP contribution in [0.5, 0.6) is 0 Å². The van der Waals surface area contributed by atoms with E-state index in [2.05, 4.69) is 0 Å². The fourth-order valence-electron chi connectivity index (χ4n) is 2.97. The SMILES string of the molecule is O=[N+]([O-])c1ccccc1N1CCN(c2cccc(C(F)(F)F)c2)CC1. The van der Waals surface area contributed by atoms with Gasteiger partial charge >= 0.3 is 6.18 Å². The maximum absolute atomic E-state index is 12.8. The summed E-state index contributed by atoms with van der Waals surface area (Å²) in [5.74, 6) is 0. The Bertz CT molecular complexity index is 772. The van der Waals surface area contributed by atoms with Crippen LogP contribution in [0.3, 0.4) is 0 Å². The summed E-state index contributed by atoms with van der Waals surface area (Å²) in [6.45, 7) is 1.99. The summed E-state index contributed by atoms with van der Waals surface area (Å²) in [6, 6.07) is 11.7. The quantitative estimate of drug-likeness (QED) is 0.621. The van der Waals surface area contributed by atoms with E-state index in [0.717, 1.165) is 12.1 Å². The largest absolute Gasteiger partial charge is 0.416 e. The molecule has 25 heavy (non-hydrogen) atoms. The molecule has 3 rings (SSSR count). The molecule has 8 heteroatoms. The van der Waals surface area contributed by atoms with Gasteiger partial charge in [-0.25, -0.2) is 0 Å². The first-order chi connectivity index (χ1) is 11.9. The number of alkyl halides is 3. The highest BCUT2D eigenvalue weighted by molar-refractivity contribution is 5.64. The topological polar surface area (TPSA) is 49.6 Å². The molecule has 0 aromatic heterocycles. The van der Waals surface area contributed by atoms with Gasteiger partial charge < -0.3 is 9.80 Å². The van der Waals surface area contributed by atoms with Gasteiger partial charge in [0.05, 0.1) is 10.5 Å². The molecule has 0 amide bonds. The van der Waals surface area contributed by atoms with Gasteiger partial charge in [-0.2, -0.15) is 13.2 Å². The van der Waals surface area contributed by atoms with Crippen LogP contribution in [0.15, 0.2) is 48.5 Å². The maximum atomic E-state index is 12.8. The van der Waals surface area contributed by atoms with Gasteiger partial charge in [0.15, 0.2) is 0 Å². The number of hydrogen-bond acceptors (Lipinski definition) is 4. The predicted octanol–water partition coefficient (Wildman–Crippen LogP) is 3.94. The number of nitrogens with zero attached hydrogens (tertiary/aromatic N) is 3. The molecule has 0 saturated carbocycles. The fraction of sp³-hybridized carbons (Fsp3) is 0.294. The van der Waals surface area contributed by atoms with Crippen LogP contribution in [-0.2, 0) is 6.18 Å². The minimum atomic E-state index is -4.37. The molecule has 1 heterocycles. The van der Waals surface area contributed by atoms with Gasteiger partial charge in [-0.1, -0.05) is 18.2 Å². The average Bonchev–Trinajstić information content (AvgIpc) is 2.61. The highest BCUT2D eigenvalue weighted by Gasteiger charge is 2.31. The first-order valence-electron chi connectivity index (χ1n) is 7.77. The van der Waals surface area contributed by atoms with Crippen molar-refractivity contribution in [3.8, 4) is 0 Å². The smallest absolute Gasteiger partial charge is 0.368 e. The van der Waals surface area contributed by atoms with Gasteiger partial charge in [0.1, 0.15) is 5.69 Å². The van der Waals surface area contributed by atoms with Crippen LogP contribution in [0, 0.1) is 10.1 Å². The zero-order valence-electron chi connectivity index (χ0n) is 13.2. The van der Waals surface area contributed by atoms with E-state index in [1.54, 1.807) is 24.3 Å². The van der Waals surface area contributed by atoms with Gasteiger partial charge in [-0.3, -0.25) is 10.1 Å². The second-order valence-electron chi connectivity index (χ2n) is 5.77. The summed E-state index contributed by atoms with van der Waals surface area (Å²) in [5, 5.41) is 11.1. The number of para-hydroxylation sites is 2. The van der Waals surface area contributed by atoms with Gasteiger partial charge in [-0.05, 0) is 24.3 Å². The van der Waals surface area contributed by atoms with Crippen LogP contribution in [0.25, 0.3) is 0 Å². The van der Waals surface area contributed by atoms with Crippen LogP contribution < -0.4 is 9.80 Å². The Kier molecular flexibility index (Phi) is 4.52. The standard InChI is InChI=1S/C17H16F3N3O2/c18-17(19,20)13-4-3-5-14(12-13)21-8-10-22(11-9-21)15-6-1-2-7-16(15)23(24)25/h1-7,12H,8-11H2. The summed E-state index contributed by atoms with van der Waals surface area (Å²) >= 11 is 0. The van der Waals surface area contributed by atoms with E-state index in [1.165, 1.54) is 12.1 Å². The first-order valence-corrected chi connectivity index (χ1v) is 7.77. The van der Waals surface area contributed by atoms with Crippen molar-refractivity contribution >= 4 is 17.1 Å². The molecule has 1 saturated heterocycles. The first kappa shape index (κ1) is 17.1. The third-order valence-electron chi connectivity index (χ3n) is 4.24. The van der Waals surface area contributed by atoms with Crippen LogP contribution in [0.4, 0.5) is 30.2 Å². The molecule has 0 bridgehead atoms. The van der Waals surface area contributed by atoms with E-state index < -0.39 is 16.7 Å². The fourth-order valence-corrected chi connectivity index (χ4v) is 2.97. The number of nitro groups is 1. The summed E-state index contributed by atoms with van der Waals surface area (Å²) in [4.78, 5) is 14.5. The Morgan fingerprint density at radius 1 is 0.920 bits per heavy atom. The second kappa shape index (κ2) is 6.62. The van der Waals surface area contributed by atoms with Gasteiger partial charge in [0.2, 0.25) is 0 Å². The lowest BCUT2D eigenvalue weighted by Gasteiger charge is -2.37. The van der Waals surface area contributed by atoms with E-state index in [1.807, 2.05) is 9.80 Å². The zero-order valence-corrected chi connectivity index (χ0v) is 13.2. The number of piperazine rings is 1. The molecule has 0 aliphatic carbocycles. The summed E-state index contributed by atoms with van der Waals surface area (Å²) in [7, 11) is 0. The van der Waals surface area contributed by atoms with E-state index in [-0.39, 0.29) is 5.69 Å². The Morgan fingerprint density at radius 2 is 1.56 bits per heavy atom. The Hall–Kier alpha value is -2.77. The molecular formula is C17H16F3N3O2. The van der Waals surface area contributed by atoms with Crippen molar-refractivity contribution in [3.63, 3.8) is 0 Å². The second-order valence-corrected chi connectivity index (χ2v) is 5.77. The molecule has 0 radical (unpaired) electrons. The van der Waals surface area contributed by atoms with Crippen LogP contribution in [0.1, 0.15) is 5.56 Å². The zero-order chi connectivity index (χ0) is 18.0. The lowest BCUT2D eigenvalue weighted by Crippen LogP contribution is -2.46. The maximum Gasteiger partial charge on any atom is 0.416 e. The highest BCUT2D eigenvalue weighted by atomic mass is 19.4. The molecule has 1 aliphatic rings. The summed E-state index contributed by atoms with van der Waals surface area (Å²) < 4.78 is 38.5. The molecular weight excluding hydrogens is 335 g/mol. The molecule has 0 unspecified atom stereocenters. The van der Waals surface area contributed by atoms with Crippen molar-refractivity contribution in [2.45, 2.75) is 6.18 Å². The average molecular weight is 351 g/mol. The minimum Gasteiger partial charge on any atom is -0.368 e. The van der Waals surface area contributed by atoms with Crippen molar-refractivity contribution < 1.29 is 18.1 Å². The van der Waals surface area contributed by atoms with Crippen LogP contribution >= 0.6 is 0 Å². The van der Waals surface area contributed by atoms with Crippen molar-refractivity contribution in [1.29, 1.82) is 0 Å². The van der Waals surface area contributed by atoms with E-state index >= 15 is 0 Å². The van der Waals surface area contributed by atoms with Gasteiger partial charge in [0.25, 0.3) is 5.69 Å². The Labute approximate surface area is 142 Å². The van der Waals surface area contributed by atoms with Crippen molar-refractivity contribution in [1.82, 2.24) is 0 Å². The lowest BCUT2D eigenvalue weighted by molar-refractivity contribution is -0.384. The number of anilines is 2. The highest BCUT2D eigenvalue weighted by Crippen LogP contribution is 2.33. The van der Waals surface area contributed by atoms with Gasteiger partial charge in [-0.15, -0.1) is 0 Å². The summed E-state index contributed by atoms with van der Waals surface area (Å²) in [6.07, 6.45) is -4.37. The monoisotopic (exact) mass is 351 g/mol. The van der Waals surface area contributed by atoms with E-state index in [4.69, 9.17) is 0 Å². The Balaban J connectivity index is 1.74.